The molecule has 2 N–H and O–H groups in total. The summed E-state index contributed by atoms with van der Waals surface area (Å²) in [5.74, 6) is -0.233. The van der Waals surface area contributed by atoms with E-state index < -0.39 is 10.0 Å². The molecule has 0 bridgehead atoms. The Balaban J connectivity index is 1.83. The van der Waals surface area contributed by atoms with Crippen molar-refractivity contribution < 1.29 is 18.0 Å². The van der Waals surface area contributed by atoms with E-state index in [1.165, 1.54) is 51.7 Å². The molecule has 0 saturated carbocycles. The number of amides is 2. The third-order valence-electron chi connectivity index (χ3n) is 5.04. The van der Waals surface area contributed by atoms with Crippen LogP contribution in [0.3, 0.4) is 0 Å². The molecule has 0 radical (unpaired) electrons. The highest BCUT2D eigenvalue weighted by Gasteiger charge is 2.22. The van der Waals surface area contributed by atoms with Crippen molar-refractivity contribution in [2.75, 3.05) is 30.7 Å². The number of carbonyl (C=O) groups is 2. The lowest BCUT2D eigenvalue weighted by atomic mass is 10.1. The van der Waals surface area contributed by atoms with Gasteiger partial charge >= 0.3 is 0 Å². The predicted octanol–water partition coefficient (Wildman–Crippen LogP) is 4.32. The lowest BCUT2D eigenvalue weighted by molar-refractivity contribution is -0.118. The zero-order chi connectivity index (χ0) is 25.4. The van der Waals surface area contributed by atoms with Crippen LogP contribution in [0.2, 0.25) is 0 Å². The molecule has 0 fully saturated rings. The second-order valence-electron chi connectivity index (χ2n) is 7.33. The quantitative estimate of drug-likeness (QED) is 0.356. The summed E-state index contributed by atoms with van der Waals surface area (Å²) in [6.07, 6.45) is 0. The van der Waals surface area contributed by atoms with E-state index in [9.17, 15) is 18.0 Å². The first kappa shape index (κ1) is 26.9. The number of benzene rings is 2. The van der Waals surface area contributed by atoms with Crippen LogP contribution in [-0.4, -0.2) is 54.9 Å². The number of nitrogens with zero attached hydrogens (tertiary/aromatic N) is 2. The van der Waals surface area contributed by atoms with E-state index in [2.05, 4.69) is 15.6 Å². The number of sulfonamides is 1. The average Bonchev–Trinajstić information content (AvgIpc) is 3.26. The summed E-state index contributed by atoms with van der Waals surface area (Å²) < 4.78 is 27.4. The number of thioether (sulfide) groups is 1. The summed E-state index contributed by atoms with van der Waals surface area (Å²) in [5.41, 5.74) is 1.78. The fourth-order valence-corrected chi connectivity index (χ4v) is 6.63. The van der Waals surface area contributed by atoms with E-state index in [0.29, 0.717) is 40.2 Å². The van der Waals surface area contributed by atoms with Gasteiger partial charge in [0.25, 0.3) is 5.91 Å². The van der Waals surface area contributed by atoms with Gasteiger partial charge in [0.1, 0.15) is 10.7 Å². The summed E-state index contributed by atoms with van der Waals surface area (Å²) in [6, 6.07) is 15.4. The lowest BCUT2D eigenvalue weighted by Gasteiger charge is -2.18. The van der Waals surface area contributed by atoms with Crippen LogP contribution >= 0.6 is 23.1 Å². The van der Waals surface area contributed by atoms with Gasteiger partial charge in [0.05, 0.1) is 10.6 Å². The molecule has 1 aromatic heterocycles. The molecular formula is C24H28N4O4S3. The maximum atomic E-state index is 13.0. The van der Waals surface area contributed by atoms with Crippen molar-refractivity contribution in [1.82, 2.24) is 14.6 Å². The molecule has 0 spiro atoms. The standard InChI is InChI=1S/C24H28N4O4S3/c1-4-25-20(29)16-33-24-26-21(17-10-8-7-9-11-17)23(34-24)27-22(30)18-12-14-19(15-13-18)35(31,32)28(5-2)6-3/h7-15H,4-6,16H2,1-3H3,(H,25,29)(H,27,30). The molecule has 0 unspecified atom stereocenters. The molecule has 0 aliphatic rings. The number of hydrogen-bond donors (Lipinski definition) is 2. The van der Waals surface area contributed by atoms with Crippen LogP contribution in [0, 0.1) is 0 Å². The monoisotopic (exact) mass is 532 g/mol. The minimum absolute atomic E-state index is 0.0840. The Bertz CT molecular complexity index is 1260. The number of thiazole rings is 1. The predicted molar refractivity (Wildman–Crippen MR) is 141 cm³/mol. The molecule has 0 saturated heterocycles. The van der Waals surface area contributed by atoms with Gasteiger partial charge in [-0.2, -0.15) is 4.31 Å². The van der Waals surface area contributed by atoms with Crippen LogP contribution in [0.5, 0.6) is 0 Å². The molecule has 2 aromatic carbocycles. The largest absolute Gasteiger partial charge is 0.356 e. The minimum Gasteiger partial charge on any atom is -0.356 e. The first-order valence-electron chi connectivity index (χ1n) is 11.2. The van der Waals surface area contributed by atoms with Crippen molar-refractivity contribution >= 4 is 49.9 Å². The molecule has 1 heterocycles. The maximum Gasteiger partial charge on any atom is 0.256 e. The van der Waals surface area contributed by atoms with Crippen LogP contribution < -0.4 is 10.6 Å². The maximum absolute atomic E-state index is 13.0. The average molecular weight is 533 g/mol. The normalized spacial score (nSPS) is 11.4. The van der Waals surface area contributed by atoms with E-state index in [1.54, 1.807) is 13.8 Å². The molecule has 8 nitrogen and oxygen atoms in total. The van der Waals surface area contributed by atoms with Gasteiger partial charge in [0.15, 0.2) is 4.34 Å². The fourth-order valence-electron chi connectivity index (χ4n) is 3.28. The molecule has 0 aliphatic heterocycles. The zero-order valence-electron chi connectivity index (χ0n) is 19.8. The molecule has 186 valence electrons. The van der Waals surface area contributed by atoms with Gasteiger partial charge in [0.2, 0.25) is 15.9 Å². The SMILES string of the molecule is CCNC(=O)CSc1nc(-c2ccccc2)c(NC(=O)c2ccc(S(=O)(=O)N(CC)CC)cc2)s1. The van der Waals surface area contributed by atoms with E-state index in [-0.39, 0.29) is 22.5 Å². The Labute approximate surface area is 214 Å². The molecule has 35 heavy (non-hydrogen) atoms. The van der Waals surface area contributed by atoms with E-state index in [1.807, 2.05) is 37.3 Å². The Morgan fingerprint density at radius 1 is 1.00 bits per heavy atom. The summed E-state index contributed by atoms with van der Waals surface area (Å²) in [7, 11) is -3.60. The fraction of sp³-hybridized carbons (Fsp3) is 0.292. The summed E-state index contributed by atoms with van der Waals surface area (Å²) in [4.78, 5) is 29.6. The van der Waals surface area contributed by atoms with E-state index in [0.717, 1.165) is 5.56 Å². The van der Waals surface area contributed by atoms with Gasteiger partial charge in [-0.15, -0.1) is 0 Å². The molecule has 11 heteroatoms. The van der Waals surface area contributed by atoms with Gasteiger partial charge in [-0.25, -0.2) is 13.4 Å². The number of anilines is 1. The van der Waals surface area contributed by atoms with Crippen LogP contribution in [-0.2, 0) is 14.8 Å². The summed E-state index contributed by atoms with van der Waals surface area (Å²) >= 11 is 2.60. The topological polar surface area (TPSA) is 108 Å². The molecule has 3 rings (SSSR count). The highest BCUT2D eigenvalue weighted by Crippen LogP contribution is 2.37. The number of hydrogen-bond acceptors (Lipinski definition) is 7. The van der Waals surface area contributed by atoms with Crippen molar-refractivity contribution in [2.45, 2.75) is 30.0 Å². The number of nitrogens with one attached hydrogen (secondary N) is 2. The first-order chi connectivity index (χ1) is 16.8. The Hall–Kier alpha value is -2.73. The van der Waals surface area contributed by atoms with Crippen molar-refractivity contribution in [2.24, 2.45) is 0 Å². The Morgan fingerprint density at radius 2 is 1.66 bits per heavy atom. The highest BCUT2D eigenvalue weighted by atomic mass is 32.2. The Kier molecular flexibility index (Phi) is 9.44. The van der Waals surface area contributed by atoms with E-state index >= 15 is 0 Å². The third-order valence-corrected chi connectivity index (χ3v) is 9.22. The number of aromatic nitrogens is 1. The van der Waals surface area contributed by atoms with Gasteiger partial charge in [0, 0.05) is 30.8 Å². The minimum atomic E-state index is -3.60. The van der Waals surface area contributed by atoms with Crippen LogP contribution in [0.1, 0.15) is 31.1 Å². The molecule has 3 aromatic rings. The second kappa shape index (κ2) is 12.3. The number of carbonyl (C=O) groups excluding carboxylic acids is 2. The number of rotatable bonds is 11. The van der Waals surface area contributed by atoms with Crippen LogP contribution in [0.25, 0.3) is 11.3 Å². The van der Waals surface area contributed by atoms with Crippen molar-refractivity contribution in [3.63, 3.8) is 0 Å². The zero-order valence-corrected chi connectivity index (χ0v) is 22.2. The summed E-state index contributed by atoms with van der Waals surface area (Å²) in [6.45, 7) is 6.72. The Morgan fingerprint density at radius 3 is 2.26 bits per heavy atom. The van der Waals surface area contributed by atoms with Crippen molar-refractivity contribution in [3.05, 3.63) is 60.2 Å². The smallest absolute Gasteiger partial charge is 0.256 e. The van der Waals surface area contributed by atoms with Gasteiger partial charge in [-0.3, -0.25) is 9.59 Å². The van der Waals surface area contributed by atoms with Crippen molar-refractivity contribution in [1.29, 1.82) is 0 Å². The molecule has 2 amide bonds. The molecular weight excluding hydrogens is 504 g/mol. The second-order valence-corrected chi connectivity index (χ2v) is 11.5. The lowest BCUT2D eigenvalue weighted by Crippen LogP contribution is -2.30. The van der Waals surface area contributed by atoms with Crippen LogP contribution in [0.4, 0.5) is 5.00 Å². The first-order valence-corrected chi connectivity index (χ1v) is 14.4. The highest BCUT2D eigenvalue weighted by molar-refractivity contribution is 8.01. The van der Waals surface area contributed by atoms with Gasteiger partial charge < -0.3 is 10.6 Å². The third kappa shape index (κ3) is 6.69. The summed E-state index contributed by atoms with van der Waals surface area (Å²) in [5, 5.41) is 6.21. The van der Waals surface area contributed by atoms with Crippen molar-refractivity contribution in [3.8, 4) is 11.3 Å². The molecule has 0 aliphatic carbocycles. The van der Waals surface area contributed by atoms with E-state index in [4.69, 9.17) is 0 Å². The van der Waals surface area contributed by atoms with Gasteiger partial charge in [-0.1, -0.05) is 67.3 Å². The molecule has 0 atom stereocenters. The van der Waals surface area contributed by atoms with Crippen LogP contribution in [0.15, 0.2) is 63.8 Å². The van der Waals surface area contributed by atoms with Gasteiger partial charge in [-0.05, 0) is 31.2 Å².